The van der Waals surface area contributed by atoms with E-state index in [1.165, 1.54) is 154 Å². The molecule has 0 saturated heterocycles. The Bertz CT molecular complexity index is 785. The Morgan fingerprint density at radius 1 is 0.565 bits per heavy atom. The van der Waals surface area contributed by atoms with Crippen LogP contribution in [0.4, 0.5) is 0 Å². The summed E-state index contributed by atoms with van der Waals surface area (Å²) in [5.74, 6) is -0.969. The lowest BCUT2D eigenvalue weighted by Gasteiger charge is -2.21. The average molecular weight is 672 g/mol. The maximum atomic E-state index is 12.5. The Morgan fingerprint density at radius 3 is 1.24 bits per heavy atom. The van der Waals surface area contributed by atoms with E-state index in [2.05, 4.69) is 19.2 Å². The van der Waals surface area contributed by atoms with Gasteiger partial charge in [-0.1, -0.05) is 199 Å². The SMILES string of the molecule is CCCCCCCCCC/C=C/C(O)C(CS(=O)(=O)O)NC(=O)CCCCCCCCCCCCCCCCCCCCCCC. The number of allylic oxidation sites excluding steroid dienone is 1. The van der Waals surface area contributed by atoms with E-state index in [9.17, 15) is 22.9 Å². The summed E-state index contributed by atoms with van der Waals surface area (Å²) in [5.41, 5.74) is 0. The summed E-state index contributed by atoms with van der Waals surface area (Å²) >= 11 is 0. The van der Waals surface area contributed by atoms with Gasteiger partial charge in [-0.05, 0) is 19.3 Å². The van der Waals surface area contributed by atoms with E-state index in [1.807, 2.05) is 6.08 Å². The molecule has 0 aromatic rings. The highest BCUT2D eigenvalue weighted by molar-refractivity contribution is 7.85. The van der Waals surface area contributed by atoms with E-state index >= 15 is 0 Å². The van der Waals surface area contributed by atoms with Crippen molar-refractivity contribution in [1.29, 1.82) is 0 Å². The zero-order chi connectivity index (χ0) is 34.0. The van der Waals surface area contributed by atoms with Crippen molar-refractivity contribution >= 4 is 16.0 Å². The number of aliphatic hydroxyl groups is 1. The summed E-state index contributed by atoms with van der Waals surface area (Å²) in [6.07, 6.45) is 40.7. The molecule has 0 aromatic heterocycles. The van der Waals surface area contributed by atoms with E-state index in [0.717, 1.165) is 38.5 Å². The van der Waals surface area contributed by atoms with E-state index in [-0.39, 0.29) is 5.91 Å². The molecule has 0 bridgehead atoms. The highest BCUT2D eigenvalue weighted by Gasteiger charge is 2.24. The highest BCUT2D eigenvalue weighted by atomic mass is 32.2. The molecule has 0 rings (SSSR count). The topological polar surface area (TPSA) is 104 Å². The lowest BCUT2D eigenvalue weighted by molar-refractivity contribution is -0.122. The number of hydrogen-bond donors (Lipinski definition) is 3. The molecule has 2 atom stereocenters. The molecule has 6 nitrogen and oxygen atoms in total. The van der Waals surface area contributed by atoms with Crippen LogP contribution in [0.3, 0.4) is 0 Å². The van der Waals surface area contributed by atoms with Gasteiger partial charge in [0.15, 0.2) is 0 Å². The van der Waals surface area contributed by atoms with Crippen LogP contribution in [0.15, 0.2) is 12.2 Å². The van der Waals surface area contributed by atoms with Crippen LogP contribution in [0.25, 0.3) is 0 Å². The molecule has 3 N–H and O–H groups in total. The first-order valence-electron chi connectivity index (χ1n) is 19.9. The minimum atomic E-state index is -4.33. The van der Waals surface area contributed by atoms with Crippen LogP contribution in [0.2, 0.25) is 0 Å². The third kappa shape index (κ3) is 34.4. The van der Waals surface area contributed by atoms with Gasteiger partial charge in [0.25, 0.3) is 10.1 Å². The first-order chi connectivity index (χ1) is 22.3. The van der Waals surface area contributed by atoms with Crippen molar-refractivity contribution in [1.82, 2.24) is 5.32 Å². The molecule has 0 heterocycles. The zero-order valence-electron chi connectivity index (χ0n) is 30.5. The minimum absolute atomic E-state index is 0.276. The Kier molecular flexibility index (Phi) is 33.3. The quantitative estimate of drug-likeness (QED) is 0.0349. The molecule has 0 aliphatic heterocycles. The molecule has 0 aliphatic carbocycles. The molecule has 1 amide bonds. The Hall–Kier alpha value is -0.920. The van der Waals surface area contributed by atoms with Crippen LogP contribution in [0.5, 0.6) is 0 Å². The average Bonchev–Trinajstić information content (AvgIpc) is 3.01. The van der Waals surface area contributed by atoms with Gasteiger partial charge in [0.1, 0.15) is 0 Å². The van der Waals surface area contributed by atoms with Gasteiger partial charge in [-0.15, -0.1) is 0 Å². The fourth-order valence-electron chi connectivity index (χ4n) is 6.21. The van der Waals surface area contributed by atoms with Gasteiger partial charge in [0.05, 0.1) is 17.9 Å². The van der Waals surface area contributed by atoms with Crippen LogP contribution >= 0.6 is 0 Å². The maximum absolute atomic E-state index is 12.5. The lowest BCUT2D eigenvalue weighted by Crippen LogP contribution is -2.46. The molecule has 0 aromatic carbocycles. The third-order valence-corrected chi connectivity index (χ3v) is 9.99. The van der Waals surface area contributed by atoms with Crippen molar-refractivity contribution < 1.29 is 22.9 Å². The predicted molar refractivity (Wildman–Crippen MR) is 198 cm³/mol. The lowest BCUT2D eigenvalue weighted by atomic mass is 10.0. The van der Waals surface area contributed by atoms with Gasteiger partial charge in [0, 0.05) is 6.42 Å². The molecule has 0 fully saturated rings. The molecule has 2 unspecified atom stereocenters. The summed E-state index contributed by atoms with van der Waals surface area (Å²) in [7, 11) is -4.33. The molecule has 46 heavy (non-hydrogen) atoms. The van der Waals surface area contributed by atoms with Crippen LogP contribution < -0.4 is 5.32 Å². The first kappa shape index (κ1) is 45.1. The number of carbonyl (C=O) groups excluding carboxylic acids is 1. The molecule has 0 aliphatic rings. The monoisotopic (exact) mass is 672 g/mol. The second-order valence-electron chi connectivity index (χ2n) is 13.9. The van der Waals surface area contributed by atoms with Crippen molar-refractivity contribution in [2.75, 3.05) is 5.75 Å². The van der Waals surface area contributed by atoms with Crippen molar-refractivity contribution in [2.45, 2.75) is 225 Å². The fourth-order valence-corrected chi connectivity index (χ4v) is 6.95. The highest BCUT2D eigenvalue weighted by Crippen LogP contribution is 2.16. The number of aliphatic hydroxyl groups excluding tert-OH is 1. The van der Waals surface area contributed by atoms with Crippen molar-refractivity contribution in [3.63, 3.8) is 0 Å². The number of unbranched alkanes of at least 4 members (excludes halogenated alkanes) is 28. The standard InChI is InChI=1S/C39H77NO5S/c1-3-5-7-9-11-13-15-16-17-18-19-20-21-22-23-24-25-27-29-31-33-35-39(42)40-37(36-46(43,44)45)38(41)34-32-30-28-26-14-12-10-8-6-4-2/h32,34,37-38,41H,3-31,33,35-36H2,1-2H3,(H,40,42)(H,43,44,45)/b34-32+. The molecular formula is C39H77NO5S. The molecule has 0 spiro atoms. The van der Waals surface area contributed by atoms with Gasteiger partial charge in [-0.2, -0.15) is 8.42 Å². The number of amides is 1. The molecule has 0 saturated carbocycles. The van der Waals surface area contributed by atoms with Gasteiger partial charge in [-0.3, -0.25) is 9.35 Å². The Labute approximate surface area is 286 Å². The van der Waals surface area contributed by atoms with Crippen molar-refractivity contribution in [2.24, 2.45) is 0 Å². The summed E-state index contributed by atoms with van der Waals surface area (Å²) in [6, 6.07) is -1.05. The largest absolute Gasteiger partial charge is 0.387 e. The van der Waals surface area contributed by atoms with Crippen LogP contribution in [-0.4, -0.2) is 41.9 Å². The van der Waals surface area contributed by atoms with E-state index in [1.54, 1.807) is 6.08 Å². The Balaban J connectivity index is 3.79. The van der Waals surface area contributed by atoms with E-state index in [0.29, 0.717) is 6.42 Å². The number of nitrogens with one attached hydrogen (secondary N) is 1. The van der Waals surface area contributed by atoms with Crippen LogP contribution in [-0.2, 0) is 14.9 Å². The first-order valence-corrected chi connectivity index (χ1v) is 21.5. The maximum Gasteiger partial charge on any atom is 0.267 e. The van der Waals surface area contributed by atoms with Gasteiger partial charge in [-0.25, -0.2) is 0 Å². The smallest absolute Gasteiger partial charge is 0.267 e. The molecule has 274 valence electrons. The minimum Gasteiger partial charge on any atom is -0.387 e. The molecule has 0 radical (unpaired) electrons. The van der Waals surface area contributed by atoms with Crippen molar-refractivity contribution in [3.05, 3.63) is 12.2 Å². The van der Waals surface area contributed by atoms with Crippen molar-refractivity contribution in [3.8, 4) is 0 Å². The predicted octanol–water partition coefficient (Wildman–Crippen LogP) is 11.4. The normalized spacial score (nSPS) is 13.4. The van der Waals surface area contributed by atoms with Crippen LogP contribution in [0, 0.1) is 0 Å². The van der Waals surface area contributed by atoms with Gasteiger partial charge in [0.2, 0.25) is 5.91 Å². The number of carbonyl (C=O) groups is 1. The Morgan fingerprint density at radius 2 is 0.891 bits per heavy atom. The molecule has 7 heteroatoms. The summed E-state index contributed by atoms with van der Waals surface area (Å²) < 4.78 is 32.3. The second-order valence-corrected chi connectivity index (χ2v) is 15.4. The van der Waals surface area contributed by atoms with Gasteiger partial charge < -0.3 is 10.4 Å². The van der Waals surface area contributed by atoms with Gasteiger partial charge >= 0.3 is 0 Å². The van der Waals surface area contributed by atoms with Crippen LogP contribution in [0.1, 0.15) is 213 Å². The summed E-state index contributed by atoms with van der Waals surface area (Å²) in [4.78, 5) is 12.5. The number of hydrogen-bond acceptors (Lipinski definition) is 4. The van der Waals surface area contributed by atoms with E-state index in [4.69, 9.17) is 0 Å². The second kappa shape index (κ2) is 34.0. The number of rotatable bonds is 36. The molecular weight excluding hydrogens is 594 g/mol. The third-order valence-electron chi connectivity index (χ3n) is 9.21. The summed E-state index contributed by atoms with van der Waals surface area (Å²) in [5, 5.41) is 13.2. The van der Waals surface area contributed by atoms with E-state index < -0.39 is 28.0 Å². The zero-order valence-corrected chi connectivity index (χ0v) is 31.3. The summed E-state index contributed by atoms with van der Waals surface area (Å²) in [6.45, 7) is 4.50. The fraction of sp³-hybridized carbons (Fsp3) is 0.923.